The molecule has 0 saturated heterocycles. The highest BCUT2D eigenvalue weighted by atomic mass is 32.2. The zero-order chi connectivity index (χ0) is 13.2. The minimum atomic E-state index is 0.733. The Balaban J connectivity index is 1.57. The molecule has 0 radical (unpaired) electrons. The van der Waals surface area contributed by atoms with Crippen molar-refractivity contribution in [3.05, 3.63) is 66.2 Å². The number of thioether (sulfide) groups is 1. The fourth-order valence-corrected chi connectivity index (χ4v) is 2.31. The third-order valence-corrected chi connectivity index (χ3v) is 3.48. The van der Waals surface area contributed by atoms with E-state index in [1.807, 2.05) is 48.2 Å². The molecule has 0 bridgehead atoms. The number of hydrogen-bond acceptors (Lipinski definition) is 3. The summed E-state index contributed by atoms with van der Waals surface area (Å²) in [5, 5.41) is 8.04. The molecule has 2 aromatic carbocycles. The molecule has 2 aromatic rings. The maximum absolute atomic E-state index is 4.09. The summed E-state index contributed by atoms with van der Waals surface area (Å²) in [4.78, 5) is 0. The molecule has 3 nitrogen and oxygen atoms in total. The molecule has 0 heterocycles. The Morgan fingerprint density at radius 2 is 1.58 bits per heavy atom. The van der Waals surface area contributed by atoms with Gasteiger partial charge in [-0.3, -0.25) is 5.43 Å². The zero-order valence-electron chi connectivity index (χ0n) is 10.7. The fourth-order valence-electron chi connectivity index (χ4n) is 1.53. The van der Waals surface area contributed by atoms with E-state index < -0.39 is 0 Å². The normalized spacial score (nSPS) is 10.7. The van der Waals surface area contributed by atoms with Crippen molar-refractivity contribution in [1.82, 2.24) is 0 Å². The summed E-state index contributed by atoms with van der Waals surface area (Å²) in [6, 6.07) is 20.3. The second-order valence-corrected chi connectivity index (χ2v) is 5.09. The average Bonchev–Trinajstić information content (AvgIpc) is 2.48. The summed E-state index contributed by atoms with van der Waals surface area (Å²) in [5.74, 6) is 2.01. The monoisotopic (exact) mass is 271 g/mol. The van der Waals surface area contributed by atoms with Gasteiger partial charge in [-0.25, -0.2) is 0 Å². The van der Waals surface area contributed by atoms with Gasteiger partial charge in [-0.15, -0.1) is 0 Å². The van der Waals surface area contributed by atoms with Crippen LogP contribution in [0.4, 0.5) is 5.69 Å². The standard InChI is InChI=1S/C15H17N3S/c1-3-7-14(8-4-1)13-19-12-11-16-18-17-15-9-5-2-6-10-15/h1-10H,11-13H2,(H,16,17). The molecule has 1 N–H and O–H groups in total. The summed E-state index contributed by atoms with van der Waals surface area (Å²) < 4.78 is 0. The van der Waals surface area contributed by atoms with E-state index in [9.17, 15) is 0 Å². The van der Waals surface area contributed by atoms with E-state index in [1.54, 1.807) is 0 Å². The highest BCUT2D eigenvalue weighted by Gasteiger charge is 1.91. The van der Waals surface area contributed by atoms with Crippen LogP contribution in [0, 0.1) is 0 Å². The lowest BCUT2D eigenvalue weighted by molar-refractivity contribution is 0.971. The molecule has 2 rings (SSSR count). The number of rotatable bonds is 7. The Labute approximate surface area is 118 Å². The van der Waals surface area contributed by atoms with Crippen LogP contribution >= 0.6 is 11.8 Å². The number of anilines is 1. The van der Waals surface area contributed by atoms with E-state index in [1.165, 1.54) is 5.56 Å². The van der Waals surface area contributed by atoms with Gasteiger partial charge in [0, 0.05) is 11.5 Å². The van der Waals surface area contributed by atoms with Crippen molar-refractivity contribution in [2.75, 3.05) is 17.7 Å². The molecule has 0 saturated carbocycles. The van der Waals surface area contributed by atoms with Crippen LogP contribution in [-0.4, -0.2) is 12.3 Å². The van der Waals surface area contributed by atoms with Gasteiger partial charge in [-0.1, -0.05) is 53.8 Å². The van der Waals surface area contributed by atoms with E-state index in [4.69, 9.17) is 0 Å². The Hall–Kier alpha value is -1.81. The van der Waals surface area contributed by atoms with Gasteiger partial charge in [0.25, 0.3) is 0 Å². The van der Waals surface area contributed by atoms with Gasteiger partial charge in [-0.2, -0.15) is 16.9 Å². The van der Waals surface area contributed by atoms with Crippen LogP contribution < -0.4 is 5.43 Å². The average molecular weight is 271 g/mol. The summed E-state index contributed by atoms with van der Waals surface area (Å²) in [7, 11) is 0. The van der Waals surface area contributed by atoms with Crippen molar-refractivity contribution in [2.24, 2.45) is 10.3 Å². The molecule has 19 heavy (non-hydrogen) atoms. The molecular formula is C15H17N3S. The van der Waals surface area contributed by atoms with Gasteiger partial charge in [0.2, 0.25) is 0 Å². The van der Waals surface area contributed by atoms with Crippen LogP contribution in [0.1, 0.15) is 5.56 Å². The minimum Gasteiger partial charge on any atom is -0.260 e. The summed E-state index contributed by atoms with van der Waals surface area (Å²) >= 11 is 1.87. The number of benzene rings is 2. The largest absolute Gasteiger partial charge is 0.260 e. The molecule has 4 heteroatoms. The highest BCUT2D eigenvalue weighted by Crippen LogP contribution is 2.11. The lowest BCUT2D eigenvalue weighted by Gasteiger charge is -1.99. The Morgan fingerprint density at radius 1 is 0.895 bits per heavy atom. The van der Waals surface area contributed by atoms with Crippen molar-refractivity contribution in [3.8, 4) is 0 Å². The summed E-state index contributed by atoms with van der Waals surface area (Å²) in [6.45, 7) is 0.733. The number of hydrogen-bond donors (Lipinski definition) is 1. The quantitative estimate of drug-likeness (QED) is 0.460. The van der Waals surface area contributed by atoms with Crippen molar-refractivity contribution < 1.29 is 0 Å². The van der Waals surface area contributed by atoms with E-state index in [0.29, 0.717) is 0 Å². The third kappa shape index (κ3) is 5.57. The van der Waals surface area contributed by atoms with Crippen LogP contribution in [0.3, 0.4) is 0 Å². The van der Waals surface area contributed by atoms with Crippen LogP contribution in [0.15, 0.2) is 71.0 Å². The Kier molecular flexibility index (Phi) is 5.96. The predicted octanol–water partition coefficient (Wildman–Crippen LogP) is 4.40. The van der Waals surface area contributed by atoms with Gasteiger partial charge in [-0.05, 0) is 17.7 Å². The molecule has 0 aliphatic carbocycles. The first-order valence-corrected chi connectivity index (χ1v) is 7.40. The SMILES string of the molecule is c1ccc(CSCCN=NNc2ccccc2)cc1. The first-order chi connectivity index (χ1) is 9.45. The lowest BCUT2D eigenvalue weighted by Crippen LogP contribution is -1.90. The maximum Gasteiger partial charge on any atom is 0.0711 e. The van der Waals surface area contributed by atoms with Gasteiger partial charge in [0.15, 0.2) is 0 Å². The van der Waals surface area contributed by atoms with Gasteiger partial charge < -0.3 is 0 Å². The lowest BCUT2D eigenvalue weighted by atomic mass is 10.2. The fraction of sp³-hybridized carbons (Fsp3) is 0.200. The Bertz CT molecular complexity index is 485. The van der Waals surface area contributed by atoms with E-state index in [-0.39, 0.29) is 0 Å². The van der Waals surface area contributed by atoms with Crippen LogP contribution in [0.25, 0.3) is 0 Å². The molecular weight excluding hydrogens is 254 g/mol. The van der Waals surface area contributed by atoms with E-state index in [0.717, 1.165) is 23.7 Å². The highest BCUT2D eigenvalue weighted by molar-refractivity contribution is 7.98. The minimum absolute atomic E-state index is 0.733. The van der Waals surface area contributed by atoms with Crippen molar-refractivity contribution in [2.45, 2.75) is 5.75 Å². The summed E-state index contributed by atoms with van der Waals surface area (Å²) in [6.07, 6.45) is 0. The maximum atomic E-state index is 4.09. The molecule has 0 amide bonds. The molecule has 0 fully saturated rings. The van der Waals surface area contributed by atoms with E-state index >= 15 is 0 Å². The van der Waals surface area contributed by atoms with Crippen LogP contribution in [-0.2, 0) is 5.75 Å². The van der Waals surface area contributed by atoms with Crippen molar-refractivity contribution >= 4 is 17.4 Å². The molecule has 0 atom stereocenters. The topological polar surface area (TPSA) is 36.8 Å². The molecule has 98 valence electrons. The van der Waals surface area contributed by atoms with Gasteiger partial charge in [0.05, 0.1) is 12.2 Å². The number of para-hydroxylation sites is 1. The Morgan fingerprint density at radius 3 is 2.32 bits per heavy atom. The van der Waals surface area contributed by atoms with E-state index in [2.05, 4.69) is 40.0 Å². The molecule has 0 spiro atoms. The van der Waals surface area contributed by atoms with Crippen molar-refractivity contribution in [1.29, 1.82) is 0 Å². The second-order valence-electron chi connectivity index (χ2n) is 3.98. The molecule has 0 aliphatic heterocycles. The zero-order valence-corrected chi connectivity index (χ0v) is 11.5. The molecule has 0 unspecified atom stereocenters. The summed E-state index contributed by atoms with van der Waals surface area (Å²) in [5.41, 5.74) is 5.22. The smallest absolute Gasteiger partial charge is 0.0711 e. The number of nitrogens with zero attached hydrogens (tertiary/aromatic N) is 2. The second kappa shape index (κ2) is 8.32. The van der Waals surface area contributed by atoms with Crippen molar-refractivity contribution in [3.63, 3.8) is 0 Å². The first-order valence-electron chi connectivity index (χ1n) is 6.24. The molecule has 0 aliphatic rings. The van der Waals surface area contributed by atoms with Gasteiger partial charge in [0.1, 0.15) is 0 Å². The predicted molar refractivity (Wildman–Crippen MR) is 82.4 cm³/mol. The first kappa shape index (κ1) is 13.6. The van der Waals surface area contributed by atoms with Crippen LogP contribution in [0.5, 0.6) is 0 Å². The van der Waals surface area contributed by atoms with Gasteiger partial charge >= 0.3 is 0 Å². The third-order valence-electron chi connectivity index (χ3n) is 2.47. The molecule has 0 aromatic heterocycles. The van der Waals surface area contributed by atoms with Crippen LogP contribution in [0.2, 0.25) is 0 Å². The number of nitrogens with one attached hydrogen (secondary N) is 1.